The Labute approximate surface area is 236 Å². The number of hydrogen-bond donors (Lipinski definition) is 12. The summed E-state index contributed by atoms with van der Waals surface area (Å²) < 4.78 is 34.9. The van der Waals surface area contributed by atoms with Crippen LogP contribution in [0.25, 0.3) is 0 Å². The standard InChI is InChI=1S/C23H46N6O12/c24-3-6-1-9(31)12(28)21(36-6)39-18-8(27)2-7(26)14(32)20(18)41-23-17(35)19(11(5-30)38-23)40-22-13(29)16(34)15(33)10(4-25)37-22/h6-23,30-35H,1-5,24-29H2/t6-,7+,8-,9-,10-,11+,12+,13+,14-,15+,16+,17+,18+,19+,20+,21+,22+,23-/m0/s1. The lowest BCUT2D eigenvalue weighted by molar-refractivity contribution is -0.295. The molecule has 4 fully saturated rings. The number of ether oxygens (including phenoxy) is 6. The van der Waals surface area contributed by atoms with E-state index in [2.05, 4.69) is 0 Å². The van der Waals surface area contributed by atoms with Crippen molar-refractivity contribution < 1.29 is 59.1 Å². The fraction of sp³-hybridized carbons (Fsp3) is 1.00. The summed E-state index contributed by atoms with van der Waals surface area (Å²) >= 11 is 0. The molecule has 18 atom stereocenters. The van der Waals surface area contributed by atoms with E-state index in [4.69, 9.17) is 62.8 Å². The molecule has 1 aliphatic carbocycles. The Morgan fingerprint density at radius 1 is 0.585 bits per heavy atom. The molecule has 0 spiro atoms. The second kappa shape index (κ2) is 13.9. The molecule has 18 N–H and O–H groups in total. The van der Waals surface area contributed by atoms with Gasteiger partial charge in [-0.15, -0.1) is 0 Å². The molecule has 0 radical (unpaired) electrons. The molecule has 0 amide bonds. The van der Waals surface area contributed by atoms with Gasteiger partial charge in [-0.1, -0.05) is 0 Å². The van der Waals surface area contributed by atoms with Gasteiger partial charge in [-0.25, -0.2) is 0 Å². The number of aliphatic hydroxyl groups excluding tert-OH is 6. The molecule has 3 aliphatic heterocycles. The molecule has 0 aromatic rings. The molecule has 18 heteroatoms. The number of hydrogen-bond acceptors (Lipinski definition) is 18. The monoisotopic (exact) mass is 598 g/mol. The second-order valence-electron chi connectivity index (χ2n) is 11.2. The molecule has 3 heterocycles. The molecule has 41 heavy (non-hydrogen) atoms. The zero-order valence-electron chi connectivity index (χ0n) is 22.5. The lowest BCUT2D eigenvalue weighted by Crippen LogP contribution is -2.66. The Morgan fingerprint density at radius 3 is 1.83 bits per heavy atom. The molecule has 0 aromatic heterocycles. The minimum atomic E-state index is -1.57. The van der Waals surface area contributed by atoms with Crippen LogP contribution >= 0.6 is 0 Å². The fourth-order valence-corrected chi connectivity index (χ4v) is 5.69. The van der Waals surface area contributed by atoms with Crippen LogP contribution in [0.2, 0.25) is 0 Å². The summed E-state index contributed by atoms with van der Waals surface area (Å²) in [5, 5.41) is 62.8. The van der Waals surface area contributed by atoms with E-state index < -0.39 is 117 Å². The third kappa shape index (κ3) is 6.85. The van der Waals surface area contributed by atoms with Crippen molar-refractivity contribution in [2.75, 3.05) is 19.7 Å². The SMILES string of the molecule is NC[C@@H]1C[C@H](O)[C@@H](N)[C@@H](O[C@H]2[C@H](O[C@@H]3O[C@H](CO)[C@@H](O[C@H]4O[C@@H](CN)[C@@H](O)[C@H](O)[C@H]4N)[C@H]3O)[C@@H](O)[C@H](N)C[C@@H]2N)O1. The van der Waals surface area contributed by atoms with Crippen molar-refractivity contribution >= 4 is 0 Å². The second-order valence-corrected chi connectivity index (χ2v) is 11.2. The summed E-state index contributed by atoms with van der Waals surface area (Å²) in [7, 11) is 0. The van der Waals surface area contributed by atoms with E-state index in [0.29, 0.717) is 0 Å². The summed E-state index contributed by atoms with van der Waals surface area (Å²) in [5.74, 6) is 0. The molecule has 1 saturated carbocycles. The minimum Gasteiger partial charge on any atom is -0.394 e. The van der Waals surface area contributed by atoms with Crippen LogP contribution in [0.1, 0.15) is 12.8 Å². The van der Waals surface area contributed by atoms with Gasteiger partial charge in [-0.05, 0) is 6.42 Å². The van der Waals surface area contributed by atoms with Crippen molar-refractivity contribution in [3.63, 3.8) is 0 Å². The van der Waals surface area contributed by atoms with Crippen molar-refractivity contribution in [2.45, 2.75) is 123 Å². The molecule has 4 aliphatic rings. The number of aliphatic hydroxyl groups is 6. The van der Waals surface area contributed by atoms with Crippen LogP contribution < -0.4 is 34.4 Å². The Balaban J connectivity index is 1.49. The molecule has 3 saturated heterocycles. The van der Waals surface area contributed by atoms with E-state index in [-0.39, 0.29) is 25.9 Å². The van der Waals surface area contributed by atoms with Gasteiger partial charge in [-0.3, -0.25) is 0 Å². The minimum absolute atomic E-state index is 0.107. The van der Waals surface area contributed by atoms with Crippen LogP contribution in [0, 0.1) is 0 Å². The summed E-state index contributed by atoms with van der Waals surface area (Å²) in [5.41, 5.74) is 35.8. The zero-order chi connectivity index (χ0) is 30.2. The molecule has 0 bridgehead atoms. The fourth-order valence-electron chi connectivity index (χ4n) is 5.69. The van der Waals surface area contributed by atoms with Crippen molar-refractivity contribution in [1.82, 2.24) is 0 Å². The smallest absolute Gasteiger partial charge is 0.187 e. The Morgan fingerprint density at radius 2 is 1.20 bits per heavy atom. The Kier molecular flexibility index (Phi) is 11.3. The zero-order valence-corrected chi connectivity index (χ0v) is 22.5. The summed E-state index contributed by atoms with van der Waals surface area (Å²) in [6, 6.07) is -3.78. The molecule has 0 aromatic carbocycles. The van der Waals surface area contributed by atoms with Gasteiger partial charge in [0.25, 0.3) is 0 Å². The predicted octanol–water partition coefficient (Wildman–Crippen LogP) is -7.87. The van der Waals surface area contributed by atoms with Crippen LogP contribution in [0.15, 0.2) is 0 Å². The van der Waals surface area contributed by atoms with Crippen molar-refractivity contribution in [2.24, 2.45) is 34.4 Å². The lowest BCUT2D eigenvalue weighted by Gasteiger charge is -2.46. The van der Waals surface area contributed by atoms with Gasteiger partial charge in [0, 0.05) is 31.6 Å². The highest BCUT2D eigenvalue weighted by Gasteiger charge is 2.53. The highest BCUT2D eigenvalue weighted by Crippen LogP contribution is 2.34. The maximum Gasteiger partial charge on any atom is 0.187 e. The van der Waals surface area contributed by atoms with Gasteiger partial charge >= 0.3 is 0 Å². The normalized spacial score (nSPS) is 53.0. The third-order valence-corrected chi connectivity index (χ3v) is 8.24. The Hall–Kier alpha value is -0.720. The number of nitrogens with two attached hydrogens (primary N) is 6. The highest BCUT2D eigenvalue weighted by molar-refractivity contribution is 5.01. The van der Waals surface area contributed by atoms with Crippen molar-refractivity contribution in [3.8, 4) is 0 Å². The lowest BCUT2D eigenvalue weighted by atomic mass is 9.84. The highest BCUT2D eigenvalue weighted by atomic mass is 16.8. The van der Waals surface area contributed by atoms with Gasteiger partial charge in [0.2, 0.25) is 0 Å². The summed E-state index contributed by atoms with van der Waals surface area (Å²) in [6.07, 6.45) is -16.6. The van der Waals surface area contributed by atoms with Crippen molar-refractivity contribution in [3.05, 3.63) is 0 Å². The van der Waals surface area contributed by atoms with Gasteiger partial charge in [0.15, 0.2) is 18.9 Å². The first kappa shape index (κ1) is 33.2. The molecule has 240 valence electrons. The van der Waals surface area contributed by atoms with Crippen LogP contribution in [-0.2, 0) is 28.4 Å². The van der Waals surface area contributed by atoms with Crippen LogP contribution in [-0.4, -0.2) is 161 Å². The summed E-state index contributed by atoms with van der Waals surface area (Å²) in [4.78, 5) is 0. The van der Waals surface area contributed by atoms with E-state index >= 15 is 0 Å². The first-order valence-corrected chi connectivity index (χ1v) is 13.8. The Bertz CT molecular complexity index is 838. The van der Waals surface area contributed by atoms with Crippen molar-refractivity contribution in [1.29, 1.82) is 0 Å². The van der Waals surface area contributed by atoms with E-state index in [1.54, 1.807) is 0 Å². The summed E-state index contributed by atoms with van der Waals surface area (Å²) in [6.45, 7) is -0.664. The third-order valence-electron chi connectivity index (χ3n) is 8.24. The van der Waals surface area contributed by atoms with E-state index in [0.717, 1.165) is 0 Å². The molecular formula is C23H46N6O12. The number of rotatable bonds is 9. The van der Waals surface area contributed by atoms with Crippen LogP contribution in [0.5, 0.6) is 0 Å². The van der Waals surface area contributed by atoms with E-state index in [1.165, 1.54) is 0 Å². The average Bonchev–Trinajstić information content (AvgIpc) is 3.25. The van der Waals surface area contributed by atoms with Gasteiger partial charge in [-0.2, -0.15) is 0 Å². The molecule has 0 unspecified atom stereocenters. The predicted molar refractivity (Wildman–Crippen MR) is 137 cm³/mol. The maximum atomic E-state index is 11.1. The average molecular weight is 599 g/mol. The van der Waals surface area contributed by atoms with Gasteiger partial charge < -0.3 is 93.5 Å². The van der Waals surface area contributed by atoms with Crippen LogP contribution in [0.3, 0.4) is 0 Å². The van der Waals surface area contributed by atoms with Crippen LogP contribution in [0.4, 0.5) is 0 Å². The molecular weight excluding hydrogens is 552 g/mol. The topological polar surface area (TPSA) is 333 Å². The van der Waals surface area contributed by atoms with E-state index in [9.17, 15) is 30.6 Å². The quantitative estimate of drug-likeness (QED) is 0.117. The largest absolute Gasteiger partial charge is 0.394 e. The molecule has 4 rings (SSSR count). The first-order valence-electron chi connectivity index (χ1n) is 13.8. The first-order chi connectivity index (χ1) is 19.4. The molecule has 18 nitrogen and oxygen atoms in total. The van der Waals surface area contributed by atoms with E-state index in [1.807, 2.05) is 0 Å². The van der Waals surface area contributed by atoms with Gasteiger partial charge in [0.05, 0.1) is 37.0 Å². The maximum absolute atomic E-state index is 11.1. The van der Waals surface area contributed by atoms with Gasteiger partial charge in [0.1, 0.15) is 48.8 Å².